The second-order valence-electron chi connectivity index (χ2n) is 4.11. The number of aromatic carboxylic acids is 1. The number of aromatic nitrogens is 2. The lowest BCUT2D eigenvalue weighted by Crippen LogP contribution is -2.52. The Kier molecular flexibility index (Phi) is 1.59. The van der Waals surface area contributed by atoms with Crippen LogP contribution in [0.5, 0.6) is 5.88 Å². The third-order valence-corrected chi connectivity index (χ3v) is 2.84. The predicted octanol–water partition coefficient (Wildman–Crippen LogP) is -0.00970. The molecule has 0 aromatic carbocycles. The lowest BCUT2D eigenvalue weighted by atomic mass is 9.86. The molecule has 1 saturated heterocycles. The molecule has 15 heavy (non-hydrogen) atoms. The molecule has 80 valence electrons. The molecule has 0 aliphatic carbocycles. The largest absolute Gasteiger partial charge is 0.477 e. The molecule has 3 rings (SSSR count). The highest BCUT2D eigenvalue weighted by molar-refractivity contribution is 5.90. The van der Waals surface area contributed by atoms with Crippen LogP contribution in [-0.4, -0.2) is 40.7 Å². The first kappa shape index (κ1) is 8.72. The Morgan fingerprint density at radius 2 is 2.33 bits per heavy atom. The van der Waals surface area contributed by atoms with Crippen LogP contribution in [0.15, 0.2) is 6.20 Å². The van der Waals surface area contributed by atoms with Crippen molar-refractivity contribution in [2.75, 3.05) is 19.8 Å². The molecule has 2 aliphatic rings. The molecule has 0 saturated carbocycles. The first-order valence-corrected chi connectivity index (χ1v) is 4.70. The summed E-state index contributed by atoms with van der Waals surface area (Å²) in [7, 11) is 0. The molecule has 1 fully saturated rings. The molecule has 1 N–H and O–H groups in total. The van der Waals surface area contributed by atoms with Crippen molar-refractivity contribution in [1.82, 2.24) is 9.78 Å². The van der Waals surface area contributed by atoms with Crippen LogP contribution >= 0.6 is 0 Å². The second-order valence-corrected chi connectivity index (χ2v) is 4.11. The van der Waals surface area contributed by atoms with E-state index in [9.17, 15) is 4.79 Å². The highest BCUT2D eigenvalue weighted by atomic mass is 16.5. The quantitative estimate of drug-likeness (QED) is 0.705. The van der Waals surface area contributed by atoms with Crippen LogP contribution in [0.1, 0.15) is 10.4 Å². The van der Waals surface area contributed by atoms with Crippen molar-refractivity contribution in [3.63, 3.8) is 0 Å². The number of fused-ring (bicyclic) bond motifs is 1. The molecule has 0 bridgehead atoms. The van der Waals surface area contributed by atoms with Crippen LogP contribution < -0.4 is 4.74 Å². The Labute approximate surface area is 85.4 Å². The Bertz CT molecular complexity index is 422. The smallest absolute Gasteiger partial charge is 0.342 e. The summed E-state index contributed by atoms with van der Waals surface area (Å²) >= 11 is 0. The molecule has 0 radical (unpaired) electrons. The highest BCUT2D eigenvalue weighted by Gasteiger charge is 2.44. The van der Waals surface area contributed by atoms with E-state index in [1.54, 1.807) is 4.68 Å². The molecule has 6 heteroatoms. The Balaban J connectivity index is 1.95. The van der Waals surface area contributed by atoms with Gasteiger partial charge in [-0.05, 0) is 0 Å². The van der Waals surface area contributed by atoms with E-state index in [4.69, 9.17) is 14.6 Å². The van der Waals surface area contributed by atoms with Crippen molar-refractivity contribution >= 4 is 5.97 Å². The summed E-state index contributed by atoms with van der Waals surface area (Å²) in [6, 6.07) is 0. The van der Waals surface area contributed by atoms with E-state index in [-0.39, 0.29) is 11.0 Å². The predicted molar refractivity (Wildman–Crippen MR) is 47.9 cm³/mol. The monoisotopic (exact) mass is 210 g/mol. The van der Waals surface area contributed by atoms with Crippen LogP contribution in [0.3, 0.4) is 0 Å². The summed E-state index contributed by atoms with van der Waals surface area (Å²) in [6.07, 6.45) is 1.33. The SMILES string of the molecule is O=C(O)c1cnn2c1OCC1(COC1)C2. The van der Waals surface area contributed by atoms with Gasteiger partial charge in [-0.3, -0.25) is 0 Å². The fourth-order valence-electron chi connectivity index (χ4n) is 1.94. The van der Waals surface area contributed by atoms with Gasteiger partial charge in [0.25, 0.3) is 0 Å². The number of ether oxygens (including phenoxy) is 2. The van der Waals surface area contributed by atoms with Crippen molar-refractivity contribution < 1.29 is 19.4 Å². The van der Waals surface area contributed by atoms with Crippen molar-refractivity contribution in [2.45, 2.75) is 6.54 Å². The molecule has 6 nitrogen and oxygen atoms in total. The Morgan fingerprint density at radius 1 is 1.53 bits per heavy atom. The van der Waals surface area contributed by atoms with Crippen LogP contribution in [0.25, 0.3) is 0 Å². The summed E-state index contributed by atoms with van der Waals surface area (Å²) in [4.78, 5) is 10.8. The van der Waals surface area contributed by atoms with Crippen LogP contribution in [0, 0.1) is 5.41 Å². The van der Waals surface area contributed by atoms with E-state index in [0.717, 1.165) is 0 Å². The molecule has 1 aromatic rings. The van der Waals surface area contributed by atoms with Gasteiger partial charge in [-0.25, -0.2) is 9.48 Å². The molecule has 0 amide bonds. The number of hydrogen-bond acceptors (Lipinski definition) is 4. The highest BCUT2D eigenvalue weighted by Crippen LogP contribution is 2.36. The summed E-state index contributed by atoms with van der Waals surface area (Å²) in [5, 5.41) is 12.9. The third kappa shape index (κ3) is 1.14. The van der Waals surface area contributed by atoms with Gasteiger partial charge in [0.05, 0.1) is 31.4 Å². The molecule has 1 aromatic heterocycles. The number of rotatable bonds is 1. The molecule has 0 unspecified atom stereocenters. The van der Waals surface area contributed by atoms with Gasteiger partial charge in [-0.1, -0.05) is 0 Å². The molecular formula is C9H10N2O4. The number of carboxylic acids is 1. The molecule has 1 spiro atoms. The third-order valence-electron chi connectivity index (χ3n) is 2.84. The Hall–Kier alpha value is -1.56. The van der Waals surface area contributed by atoms with Gasteiger partial charge in [0.1, 0.15) is 12.2 Å². The van der Waals surface area contributed by atoms with E-state index in [1.165, 1.54) is 6.20 Å². The van der Waals surface area contributed by atoms with Crippen molar-refractivity contribution in [3.05, 3.63) is 11.8 Å². The van der Waals surface area contributed by atoms with Gasteiger partial charge in [-0.15, -0.1) is 0 Å². The summed E-state index contributed by atoms with van der Waals surface area (Å²) in [5.74, 6) is -0.642. The van der Waals surface area contributed by atoms with Crippen molar-refractivity contribution in [2.24, 2.45) is 5.41 Å². The number of hydrogen-bond donors (Lipinski definition) is 1. The lowest BCUT2D eigenvalue weighted by Gasteiger charge is -2.43. The van der Waals surface area contributed by atoms with Gasteiger partial charge in [0.15, 0.2) is 0 Å². The lowest BCUT2D eigenvalue weighted by molar-refractivity contribution is -0.154. The summed E-state index contributed by atoms with van der Waals surface area (Å²) < 4.78 is 12.2. The number of carboxylic acid groups (broad SMARTS) is 1. The van der Waals surface area contributed by atoms with Gasteiger partial charge >= 0.3 is 5.97 Å². The zero-order valence-corrected chi connectivity index (χ0v) is 7.97. The second kappa shape index (κ2) is 2.73. The van der Waals surface area contributed by atoms with Crippen LogP contribution in [0.4, 0.5) is 0 Å². The van der Waals surface area contributed by atoms with E-state index >= 15 is 0 Å². The normalized spacial score (nSPS) is 21.6. The van der Waals surface area contributed by atoms with E-state index < -0.39 is 5.97 Å². The molecule has 0 atom stereocenters. The van der Waals surface area contributed by atoms with Crippen molar-refractivity contribution in [3.8, 4) is 5.88 Å². The number of nitrogens with zero attached hydrogens (tertiary/aromatic N) is 2. The van der Waals surface area contributed by atoms with Crippen LogP contribution in [0.2, 0.25) is 0 Å². The van der Waals surface area contributed by atoms with Gasteiger partial charge in [0.2, 0.25) is 5.88 Å². The topological polar surface area (TPSA) is 73.6 Å². The maximum atomic E-state index is 10.8. The van der Waals surface area contributed by atoms with Gasteiger partial charge in [0, 0.05) is 0 Å². The maximum Gasteiger partial charge on any atom is 0.342 e. The zero-order chi connectivity index (χ0) is 10.5. The van der Waals surface area contributed by atoms with Crippen LogP contribution in [-0.2, 0) is 11.3 Å². The van der Waals surface area contributed by atoms with Crippen molar-refractivity contribution in [1.29, 1.82) is 0 Å². The summed E-state index contributed by atoms with van der Waals surface area (Å²) in [5.41, 5.74) is 0.138. The van der Waals surface area contributed by atoms with Gasteiger partial charge in [-0.2, -0.15) is 5.10 Å². The molecular weight excluding hydrogens is 200 g/mol. The van der Waals surface area contributed by atoms with E-state index in [0.29, 0.717) is 32.2 Å². The minimum atomic E-state index is -1.00. The minimum absolute atomic E-state index is 0.00872. The minimum Gasteiger partial charge on any atom is -0.477 e. The van der Waals surface area contributed by atoms with Gasteiger partial charge < -0.3 is 14.6 Å². The molecule has 3 heterocycles. The Morgan fingerprint density at radius 3 is 2.93 bits per heavy atom. The fourth-order valence-corrected chi connectivity index (χ4v) is 1.94. The number of carbonyl (C=O) groups is 1. The molecule has 2 aliphatic heterocycles. The maximum absolute atomic E-state index is 10.8. The van der Waals surface area contributed by atoms with E-state index in [1.807, 2.05) is 0 Å². The first-order valence-electron chi connectivity index (χ1n) is 4.70. The summed E-state index contributed by atoms with van der Waals surface area (Å²) in [6.45, 7) is 2.51. The zero-order valence-electron chi connectivity index (χ0n) is 7.97. The standard InChI is InChI=1S/C9H10N2O4/c12-8(13)6-1-10-11-2-9(3-14-4-9)5-15-7(6)11/h1H,2-5H2,(H,12,13). The average Bonchev–Trinajstić information content (AvgIpc) is 2.57. The first-order chi connectivity index (χ1) is 7.20. The fraction of sp³-hybridized carbons (Fsp3) is 0.556. The average molecular weight is 210 g/mol. The van der Waals surface area contributed by atoms with E-state index in [2.05, 4.69) is 5.10 Å².